The number of benzene rings is 4. The lowest BCUT2D eigenvalue weighted by molar-refractivity contribution is 0.547. The van der Waals surface area contributed by atoms with Crippen molar-refractivity contribution < 1.29 is 29.8 Å². The molecule has 0 bridgehead atoms. The van der Waals surface area contributed by atoms with Gasteiger partial charge in [-0.1, -0.05) is 67.6 Å². The van der Waals surface area contributed by atoms with Crippen LogP contribution < -0.4 is 11.1 Å². The minimum Gasteiger partial charge on any atom is -0.354 e. The van der Waals surface area contributed by atoms with Gasteiger partial charge in [0.25, 0.3) is 0 Å². The van der Waals surface area contributed by atoms with E-state index in [9.17, 15) is 29.8 Å². The summed E-state index contributed by atoms with van der Waals surface area (Å²) in [5.41, 5.74) is 11.5. The topological polar surface area (TPSA) is 211 Å². The Kier molecular flexibility index (Phi) is 16.8. The van der Waals surface area contributed by atoms with E-state index in [4.69, 9.17) is 15.7 Å². The van der Waals surface area contributed by atoms with Crippen molar-refractivity contribution in [2.45, 2.75) is 68.3 Å². The third kappa shape index (κ3) is 12.8. The van der Waals surface area contributed by atoms with Gasteiger partial charge in [-0.15, -0.1) is 0 Å². The molecule has 15 nitrogen and oxygen atoms in total. The van der Waals surface area contributed by atoms with E-state index in [1.165, 1.54) is 36.7 Å². The molecule has 0 radical (unpaired) electrons. The maximum absolute atomic E-state index is 13.6. The number of rotatable bonds is 15. The quantitative estimate of drug-likeness (QED) is 0.0923. The van der Waals surface area contributed by atoms with Gasteiger partial charge in [0.2, 0.25) is 11.1 Å². The summed E-state index contributed by atoms with van der Waals surface area (Å²) < 4.78 is 95.8. The molecular weight excluding hydrogens is 991 g/mol. The van der Waals surface area contributed by atoms with Gasteiger partial charge in [-0.3, -0.25) is 4.21 Å². The van der Waals surface area contributed by atoms with Crippen molar-refractivity contribution in [2.24, 2.45) is 5.73 Å². The van der Waals surface area contributed by atoms with Gasteiger partial charge < -0.3 is 20.2 Å². The number of aryl methyl sites for hydroxylation is 2. The zero-order chi connectivity index (χ0) is 51.7. The maximum Gasteiger partial charge on any atom is 0.223 e. The van der Waals surface area contributed by atoms with Crippen LogP contribution in [0.5, 0.6) is 0 Å². The Morgan fingerprint density at radius 3 is 1.47 bits per heavy atom. The van der Waals surface area contributed by atoms with Crippen molar-refractivity contribution in [1.82, 2.24) is 39.0 Å². The van der Waals surface area contributed by atoms with Crippen LogP contribution >= 0.6 is 0 Å². The fourth-order valence-corrected chi connectivity index (χ4v) is 13.0. The molecule has 0 saturated carbocycles. The van der Waals surface area contributed by atoms with Crippen LogP contribution in [0.25, 0.3) is 45.3 Å². The van der Waals surface area contributed by atoms with E-state index in [1.54, 1.807) is 54.7 Å². The largest absolute Gasteiger partial charge is 0.354 e. The molecule has 4 aromatic carbocycles. The second-order valence-corrected chi connectivity index (χ2v) is 23.0. The number of aromatic nitrogens is 8. The standard InChI is InChI=1S/C26H26FN5O2S.C25H23FN4O3S2.C2H7N/c1-2-28-26-29-15-14-22(30-26)25-24(19-8-10-20(27)11-9-19)31-23-13-12-21(32(23)25)17-35(33,34)16-18-6-4-3-5-7-18;1-34(31)25-27-14-13-21(28-25)24-23(18-7-9-19(26)10-8-18)29-22-12-11-20(30(22)24)16-35(32,33)15-17-5-3-2-4-6-17;1-2-3/h3-11,14-15,21H,2,12-13,16-17H2,1H3,(H,28,29,30);2-10,13-14,20H,11-12,15-16H2,1H3;2-3H2,1H3/t21-;20-,34?;/m00./s1. The predicted molar refractivity (Wildman–Crippen MR) is 281 cm³/mol. The summed E-state index contributed by atoms with van der Waals surface area (Å²) in [6.07, 6.45) is 7.28. The summed E-state index contributed by atoms with van der Waals surface area (Å²) >= 11 is 0. The van der Waals surface area contributed by atoms with Crippen molar-refractivity contribution in [3.8, 4) is 45.3 Å². The van der Waals surface area contributed by atoms with Crippen LogP contribution in [0.2, 0.25) is 0 Å². The number of hydrogen-bond acceptors (Lipinski definition) is 13. The molecule has 73 heavy (non-hydrogen) atoms. The molecule has 0 saturated heterocycles. The lowest BCUT2D eigenvalue weighted by atomic mass is 10.1. The highest BCUT2D eigenvalue weighted by Crippen LogP contribution is 2.42. The third-order valence-electron chi connectivity index (χ3n) is 12.1. The number of hydrogen-bond donors (Lipinski definition) is 2. The normalized spacial score (nSPS) is 15.3. The van der Waals surface area contributed by atoms with Crippen LogP contribution in [0.15, 0.2) is 139 Å². The molecule has 0 aliphatic carbocycles. The van der Waals surface area contributed by atoms with E-state index in [0.29, 0.717) is 72.2 Å². The molecule has 4 aromatic heterocycles. The average molecular weight is 1050 g/mol. The maximum atomic E-state index is 13.6. The first-order valence-electron chi connectivity index (χ1n) is 23.8. The highest BCUT2D eigenvalue weighted by molar-refractivity contribution is 7.90. The van der Waals surface area contributed by atoms with Gasteiger partial charge >= 0.3 is 0 Å². The highest BCUT2D eigenvalue weighted by Gasteiger charge is 2.35. The number of nitrogens with one attached hydrogen (secondary N) is 1. The zero-order valence-corrected chi connectivity index (χ0v) is 43.1. The van der Waals surface area contributed by atoms with Crippen molar-refractivity contribution in [1.29, 1.82) is 0 Å². The minimum atomic E-state index is -3.42. The van der Waals surface area contributed by atoms with Gasteiger partial charge in [-0.2, -0.15) is 0 Å². The highest BCUT2D eigenvalue weighted by atomic mass is 32.2. The van der Waals surface area contributed by atoms with E-state index in [1.807, 2.05) is 71.5 Å². The number of sulfone groups is 2. The average Bonchev–Trinajstić information content (AvgIpc) is 4.15. The fraction of sp³-hybridized carbons (Fsp3) is 0.283. The lowest BCUT2D eigenvalue weighted by Crippen LogP contribution is -2.20. The molecule has 8 aromatic rings. The van der Waals surface area contributed by atoms with Crippen LogP contribution in [-0.4, -0.2) is 90.9 Å². The molecule has 6 heterocycles. The molecular formula is C53H56F2N10O5S3. The number of nitrogens with zero attached hydrogens (tertiary/aromatic N) is 8. The van der Waals surface area contributed by atoms with Gasteiger partial charge in [0.1, 0.15) is 23.3 Å². The molecule has 3 atom stereocenters. The first-order chi connectivity index (χ1) is 35.2. The van der Waals surface area contributed by atoms with E-state index < -0.39 is 30.5 Å². The van der Waals surface area contributed by atoms with Crippen LogP contribution in [0.3, 0.4) is 0 Å². The monoisotopic (exact) mass is 1050 g/mol. The Balaban J connectivity index is 0.000000185. The minimum absolute atomic E-state index is 0.00621. The number of imidazole rings is 2. The van der Waals surface area contributed by atoms with Gasteiger partial charge in [0.15, 0.2) is 19.7 Å². The van der Waals surface area contributed by atoms with Crippen molar-refractivity contribution in [2.75, 3.05) is 36.2 Å². The molecule has 10 rings (SSSR count). The third-order valence-corrected chi connectivity index (χ3v) is 16.1. The zero-order valence-electron chi connectivity index (χ0n) is 40.6. The summed E-state index contributed by atoms with van der Waals surface area (Å²) in [6, 6.07) is 33.4. The van der Waals surface area contributed by atoms with Crippen molar-refractivity contribution in [3.63, 3.8) is 0 Å². The van der Waals surface area contributed by atoms with E-state index in [0.717, 1.165) is 40.6 Å². The summed E-state index contributed by atoms with van der Waals surface area (Å²) in [4.78, 5) is 27.2. The van der Waals surface area contributed by atoms with E-state index in [-0.39, 0.29) is 51.9 Å². The summed E-state index contributed by atoms with van der Waals surface area (Å²) in [5.74, 6) is 1.26. The number of fused-ring (bicyclic) bond motifs is 2. The van der Waals surface area contributed by atoms with E-state index in [2.05, 4.69) is 25.3 Å². The van der Waals surface area contributed by atoms with Gasteiger partial charge in [0.05, 0.1) is 68.0 Å². The van der Waals surface area contributed by atoms with E-state index >= 15 is 0 Å². The molecule has 3 N–H and O–H groups in total. The number of halogens is 2. The van der Waals surface area contributed by atoms with Crippen LogP contribution in [-0.2, 0) is 54.8 Å². The van der Waals surface area contributed by atoms with Crippen molar-refractivity contribution >= 4 is 36.4 Å². The van der Waals surface area contributed by atoms with Crippen LogP contribution in [0.4, 0.5) is 14.7 Å². The van der Waals surface area contributed by atoms with Gasteiger partial charge in [-0.25, -0.2) is 55.5 Å². The second-order valence-electron chi connectivity index (χ2n) is 17.6. The number of anilines is 1. The first kappa shape index (κ1) is 52.5. The van der Waals surface area contributed by atoms with Gasteiger partial charge in [-0.05, 0) is 98.1 Å². The summed E-state index contributed by atoms with van der Waals surface area (Å²) in [6.45, 7) is 5.28. The Morgan fingerprint density at radius 1 is 0.616 bits per heavy atom. The Labute approximate surface area is 426 Å². The van der Waals surface area contributed by atoms with Crippen LogP contribution in [0.1, 0.15) is 61.5 Å². The predicted octanol–water partition coefficient (Wildman–Crippen LogP) is 8.63. The molecule has 380 valence electrons. The lowest BCUT2D eigenvalue weighted by Gasteiger charge is -2.18. The Bertz CT molecular complexity index is 3420. The summed E-state index contributed by atoms with van der Waals surface area (Å²) in [7, 11) is -8.20. The first-order valence-corrected chi connectivity index (χ1v) is 29.0. The SMILES string of the molecule is CCN.CCNc1nccc(-c2c(-c3ccc(F)cc3)nc3n2[C@H](CS(=O)(=O)Cc2ccccc2)CC3)n1.CS(=O)c1nccc(-c2c(-c3ccc(F)cc3)nc3n2[C@H](CS(=O)(=O)Cc2ccccc2)CC3)n1. The Morgan fingerprint density at radius 2 is 1.04 bits per heavy atom. The second kappa shape index (κ2) is 23.3. The molecule has 0 fully saturated rings. The van der Waals surface area contributed by atoms with Crippen LogP contribution in [0, 0.1) is 11.6 Å². The number of nitrogens with two attached hydrogens (primary N) is 1. The molecule has 0 amide bonds. The smallest absolute Gasteiger partial charge is 0.223 e. The molecule has 20 heteroatoms. The summed E-state index contributed by atoms with van der Waals surface area (Å²) in [5, 5.41) is 3.30. The molecule has 1 unspecified atom stereocenters. The molecule has 0 spiro atoms. The van der Waals surface area contributed by atoms with Crippen molar-refractivity contribution in [3.05, 3.63) is 168 Å². The molecule has 2 aliphatic rings. The fourth-order valence-electron chi connectivity index (χ4n) is 9.08. The van der Waals surface area contributed by atoms with Gasteiger partial charge in [0, 0.05) is 61.2 Å². The Hall–Kier alpha value is -6.87. The molecule has 2 aliphatic heterocycles.